The molecule has 1 atom stereocenters. The lowest BCUT2D eigenvalue weighted by atomic mass is 10.1. The number of nitrogens with zero attached hydrogens (tertiary/aromatic N) is 2. The molecule has 6 heteroatoms. The van der Waals surface area contributed by atoms with Gasteiger partial charge in [-0.05, 0) is 31.4 Å². The number of carbonyl (C=O) groups is 1. The van der Waals surface area contributed by atoms with E-state index in [9.17, 15) is 4.79 Å². The van der Waals surface area contributed by atoms with E-state index in [1.165, 1.54) is 11.3 Å². The third-order valence-electron chi connectivity index (χ3n) is 3.47. The first-order valence-corrected chi connectivity index (χ1v) is 8.32. The van der Waals surface area contributed by atoms with Crippen LogP contribution in [0.15, 0.2) is 29.8 Å². The molecule has 0 radical (unpaired) electrons. The van der Waals surface area contributed by atoms with Crippen molar-refractivity contribution in [1.29, 1.82) is 0 Å². The normalized spacial score (nSPS) is 18.1. The lowest BCUT2D eigenvalue weighted by Gasteiger charge is -2.21. The molecule has 0 aromatic carbocycles. The predicted molar refractivity (Wildman–Crippen MR) is 83.6 cm³/mol. The highest BCUT2D eigenvalue weighted by Gasteiger charge is 2.17. The van der Waals surface area contributed by atoms with Crippen LogP contribution in [0.3, 0.4) is 0 Å². The number of thiazole rings is 1. The van der Waals surface area contributed by atoms with E-state index in [1.807, 2.05) is 23.6 Å². The van der Waals surface area contributed by atoms with Crippen molar-refractivity contribution in [2.24, 2.45) is 0 Å². The van der Waals surface area contributed by atoms with Crippen molar-refractivity contribution in [3.8, 4) is 10.7 Å². The molecule has 116 valence electrons. The Hall–Kier alpha value is -1.79. The molecule has 2 aromatic rings. The Morgan fingerprint density at radius 1 is 1.41 bits per heavy atom. The molecule has 1 fully saturated rings. The zero-order valence-electron chi connectivity index (χ0n) is 12.2. The van der Waals surface area contributed by atoms with Crippen molar-refractivity contribution >= 4 is 17.3 Å². The lowest BCUT2D eigenvalue weighted by Crippen LogP contribution is -2.26. The quantitative estimate of drug-likeness (QED) is 0.793. The van der Waals surface area contributed by atoms with Gasteiger partial charge in [-0.15, -0.1) is 11.3 Å². The molecule has 0 bridgehead atoms. The van der Waals surface area contributed by atoms with Crippen LogP contribution in [0, 0.1) is 0 Å². The van der Waals surface area contributed by atoms with Crippen LogP contribution in [0.4, 0.5) is 0 Å². The Labute approximate surface area is 133 Å². The van der Waals surface area contributed by atoms with Crippen molar-refractivity contribution in [2.75, 3.05) is 13.2 Å². The summed E-state index contributed by atoms with van der Waals surface area (Å²) < 4.78 is 10.8. The highest BCUT2D eigenvalue weighted by atomic mass is 32.1. The Morgan fingerprint density at radius 3 is 3.14 bits per heavy atom. The number of aromatic nitrogens is 2. The summed E-state index contributed by atoms with van der Waals surface area (Å²) in [5, 5.41) is 2.70. The monoisotopic (exact) mass is 318 g/mol. The van der Waals surface area contributed by atoms with E-state index < -0.39 is 0 Å². The Bertz CT molecular complexity index is 609. The van der Waals surface area contributed by atoms with Gasteiger partial charge in [-0.2, -0.15) is 0 Å². The largest absolute Gasteiger partial charge is 0.463 e. The third-order valence-corrected chi connectivity index (χ3v) is 4.38. The first-order valence-electron chi connectivity index (χ1n) is 7.44. The van der Waals surface area contributed by atoms with Crippen molar-refractivity contribution in [3.63, 3.8) is 0 Å². The first kappa shape index (κ1) is 15.1. The molecule has 1 aliphatic heterocycles. The minimum atomic E-state index is -0.257. The summed E-state index contributed by atoms with van der Waals surface area (Å²) in [5.74, 6) is -0.257. The van der Waals surface area contributed by atoms with Gasteiger partial charge in [0.05, 0.1) is 23.9 Å². The minimum Gasteiger partial charge on any atom is -0.463 e. The summed E-state index contributed by atoms with van der Waals surface area (Å²) in [6.07, 6.45) is 5.18. The SMILES string of the molecule is O=C(Cc1csc(-c2ccccn2)n1)OCC1CCCCO1. The Kier molecular flexibility index (Phi) is 5.13. The van der Waals surface area contributed by atoms with E-state index in [0.717, 1.165) is 42.3 Å². The Morgan fingerprint density at radius 2 is 2.36 bits per heavy atom. The van der Waals surface area contributed by atoms with E-state index in [-0.39, 0.29) is 18.5 Å². The van der Waals surface area contributed by atoms with Gasteiger partial charge in [-0.3, -0.25) is 9.78 Å². The molecule has 0 N–H and O–H groups in total. The second-order valence-electron chi connectivity index (χ2n) is 5.21. The molecule has 0 amide bonds. The molecule has 1 aliphatic rings. The highest BCUT2D eigenvalue weighted by Crippen LogP contribution is 2.21. The molecular formula is C16H18N2O3S. The van der Waals surface area contributed by atoms with Crippen LogP contribution in [-0.2, 0) is 20.7 Å². The minimum absolute atomic E-state index is 0.0530. The van der Waals surface area contributed by atoms with E-state index in [2.05, 4.69) is 9.97 Å². The van der Waals surface area contributed by atoms with Gasteiger partial charge in [-0.25, -0.2) is 4.98 Å². The third kappa shape index (κ3) is 4.11. The van der Waals surface area contributed by atoms with Crippen LogP contribution in [-0.4, -0.2) is 35.3 Å². The summed E-state index contributed by atoms with van der Waals surface area (Å²) in [6, 6.07) is 5.69. The maximum atomic E-state index is 11.9. The van der Waals surface area contributed by atoms with Crippen molar-refractivity contribution < 1.29 is 14.3 Å². The van der Waals surface area contributed by atoms with Crippen LogP contribution >= 0.6 is 11.3 Å². The summed E-state index contributed by atoms with van der Waals surface area (Å²) in [4.78, 5) is 20.6. The maximum absolute atomic E-state index is 11.9. The molecule has 3 heterocycles. The number of hydrogen-bond donors (Lipinski definition) is 0. The van der Waals surface area contributed by atoms with Crippen LogP contribution in [0.25, 0.3) is 10.7 Å². The second kappa shape index (κ2) is 7.47. The summed E-state index contributed by atoms with van der Waals surface area (Å²) in [5.41, 5.74) is 1.54. The van der Waals surface area contributed by atoms with Gasteiger partial charge in [0.15, 0.2) is 0 Å². The summed E-state index contributed by atoms with van der Waals surface area (Å²) in [7, 11) is 0. The van der Waals surface area contributed by atoms with Gasteiger partial charge in [-0.1, -0.05) is 6.07 Å². The van der Waals surface area contributed by atoms with Crippen LogP contribution in [0.5, 0.6) is 0 Å². The number of ether oxygens (including phenoxy) is 2. The first-order chi connectivity index (χ1) is 10.8. The van der Waals surface area contributed by atoms with Gasteiger partial charge in [0.2, 0.25) is 0 Å². The fourth-order valence-corrected chi connectivity index (χ4v) is 3.11. The molecular weight excluding hydrogens is 300 g/mol. The van der Waals surface area contributed by atoms with Crippen LogP contribution < -0.4 is 0 Å². The number of hydrogen-bond acceptors (Lipinski definition) is 6. The predicted octanol–water partition coefficient (Wildman–Crippen LogP) is 2.86. The van der Waals surface area contributed by atoms with E-state index in [0.29, 0.717) is 6.61 Å². The number of pyridine rings is 1. The summed E-state index contributed by atoms with van der Waals surface area (Å²) in [6.45, 7) is 1.11. The smallest absolute Gasteiger partial charge is 0.311 e. The van der Waals surface area contributed by atoms with E-state index in [1.54, 1.807) is 6.20 Å². The number of carbonyl (C=O) groups excluding carboxylic acids is 1. The zero-order valence-corrected chi connectivity index (χ0v) is 13.1. The fourth-order valence-electron chi connectivity index (χ4n) is 2.32. The van der Waals surface area contributed by atoms with Gasteiger partial charge in [0, 0.05) is 18.2 Å². The summed E-state index contributed by atoms with van der Waals surface area (Å²) >= 11 is 1.48. The standard InChI is InChI=1S/C16H18N2O3S/c19-15(21-10-13-5-2-4-8-20-13)9-12-11-22-16(18-12)14-6-1-3-7-17-14/h1,3,6-7,11,13H,2,4-5,8-10H2. The van der Waals surface area contributed by atoms with Crippen molar-refractivity contribution in [2.45, 2.75) is 31.8 Å². The lowest BCUT2D eigenvalue weighted by molar-refractivity contribution is -0.148. The van der Waals surface area contributed by atoms with Crippen molar-refractivity contribution in [1.82, 2.24) is 9.97 Å². The maximum Gasteiger partial charge on any atom is 0.311 e. The van der Waals surface area contributed by atoms with Gasteiger partial charge in [0.1, 0.15) is 11.6 Å². The zero-order chi connectivity index (χ0) is 15.2. The molecule has 1 saturated heterocycles. The number of rotatable bonds is 5. The molecule has 2 aromatic heterocycles. The van der Waals surface area contributed by atoms with E-state index >= 15 is 0 Å². The highest BCUT2D eigenvalue weighted by molar-refractivity contribution is 7.13. The average molecular weight is 318 g/mol. The Balaban J connectivity index is 1.50. The van der Waals surface area contributed by atoms with Crippen molar-refractivity contribution in [3.05, 3.63) is 35.5 Å². The molecule has 0 saturated carbocycles. The second-order valence-corrected chi connectivity index (χ2v) is 6.07. The number of esters is 1. The molecule has 5 nitrogen and oxygen atoms in total. The van der Waals surface area contributed by atoms with Crippen LogP contribution in [0.1, 0.15) is 25.0 Å². The average Bonchev–Trinajstić information content (AvgIpc) is 3.03. The van der Waals surface area contributed by atoms with Gasteiger partial charge < -0.3 is 9.47 Å². The van der Waals surface area contributed by atoms with E-state index in [4.69, 9.17) is 9.47 Å². The van der Waals surface area contributed by atoms with Gasteiger partial charge in [0.25, 0.3) is 0 Å². The molecule has 3 rings (SSSR count). The topological polar surface area (TPSA) is 61.3 Å². The van der Waals surface area contributed by atoms with Gasteiger partial charge >= 0.3 is 5.97 Å². The van der Waals surface area contributed by atoms with Crippen LogP contribution in [0.2, 0.25) is 0 Å². The molecule has 0 spiro atoms. The molecule has 0 aliphatic carbocycles. The molecule has 22 heavy (non-hydrogen) atoms. The fraction of sp³-hybridized carbons (Fsp3) is 0.438. The molecule has 1 unspecified atom stereocenters.